The van der Waals surface area contributed by atoms with E-state index in [0.29, 0.717) is 27.3 Å². The SMILES string of the molecule is COc1cccc([C@H]2C3=CC[C@@H]4C(=O)N(C(N)=O)C(=O)[C@@H]4[C@@H]3C[C@H]3C(=O)N(Nc4ccc(C)cc4)C(=O)[C@@]23c2ccccc2)c1O. The minimum absolute atomic E-state index is 0.0470. The number of primary amides is 1. The summed E-state index contributed by atoms with van der Waals surface area (Å²) >= 11 is 0. The Labute approximate surface area is 264 Å². The van der Waals surface area contributed by atoms with Gasteiger partial charge in [0.15, 0.2) is 11.5 Å². The van der Waals surface area contributed by atoms with Gasteiger partial charge in [0.1, 0.15) is 0 Å². The van der Waals surface area contributed by atoms with Crippen LogP contribution in [0, 0.1) is 30.6 Å². The minimum Gasteiger partial charge on any atom is -0.504 e. The lowest BCUT2D eigenvalue weighted by Crippen LogP contribution is -2.53. The molecule has 3 aromatic carbocycles. The summed E-state index contributed by atoms with van der Waals surface area (Å²) in [4.78, 5) is 69.3. The third kappa shape index (κ3) is 3.93. The standard InChI is InChI=1S/C35H32N4O7/c1-18-11-13-20(14-12-18)37-39-31(42)25-17-24-21(15-16-22-27(24)32(43)38(30(22)41)34(36)45)28(23-9-6-10-26(46-2)29(23)40)35(25,33(39)44)19-7-4-3-5-8-19/h3-15,22,24-25,27-28,37,40H,16-17H2,1-2H3,(H2,36,45)/t22-,24+,25-,27-,28+,35+/m0/s1. The molecule has 1 saturated carbocycles. The molecule has 7 rings (SSSR count). The van der Waals surface area contributed by atoms with Gasteiger partial charge in [-0.25, -0.2) is 4.79 Å². The van der Waals surface area contributed by atoms with Crippen molar-refractivity contribution in [1.82, 2.24) is 9.91 Å². The van der Waals surface area contributed by atoms with Crippen LogP contribution in [0.2, 0.25) is 0 Å². The molecule has 3 aromatic rings. The molecule has 2 saturated heterocycles. The van der Waals surface area contributed by atoms with Gasteiger partial charge >= 0.3 is 6.03 Å². The molecule has 46 heavy (non-hydrogen) atoms. The number of allylic oxidation sites excluding steroid dienone is 2. The summed E-state index contributed by atoms with van der Waals surface area (Å²) in [6, 6.07) is 20.1. The molecule has 0 unspecified atom stereocenters. The van der Waals surface area contributed by atoms with Crippen molar-refractivity contribution in [2.45, 2.75) is 31.1 Å². The first-order valence-corrected chi connectivity index (χ1v) is 15.1. The normalized spacial score (nSPS) is 28.4. The Balaban J connectivity index is 1.48. The lowest BCUT2D eigenvalue weighted by Gasteiger charge is -2.50. The fourth-order valence-corrected chi connectivity index (χ4v) is 8.25. The smallest absolute Gasteiger partial charge is 0.328 e. The molecule has 6 atom stereocenters. The predicted octanol–water partition coefficient (Wildman–Crippen LogP) is 3.77. The van der Waals surface area contributed by atoms with Crippen molar-refractivity contribution in [3.8, 4) is 11.5 Å². The molecule has 3 fully saturated rings. The van der Waals surface area contributed by atoms with Gasteiger partial charge in [-0.05, 0) is 49.4 Å². The highest BCUT2D eigenvalue weighted by Gasteiger charge is 2.70. The number of fused-ring (bicyclic) bond motifs is 4. The second-order valence-electron chi connectivity index (χ2n) is 12.3. The summed E-state index contributed by atoms with van der Waals surface area (Å²) in [6.07, 6.45) is 2.00. The number of ether oxygens (including phenoxy) is 1. The van der Waals surface area contributed by atoms with E-state index < -0.39 is 64.7 Å². The number of benzene rings is 3. The number of urea groups is 1. The summed E-state index contributed by atoms with van der Waals surface area (Å²) in [5.41, 5.74) is 10.0. The van der Waals surface area contributed by atoms with Gasteiger partial charge in [0.05, 0.1) is 36.0 Å². The predicted molar refractivity (Wildman–Crippen MR) is 165 cm³/mol. The summed E-state index contributed by atoms with van der Waals surface area (Å²) < 4.78 is 5.46. The van der Waals surface area contributed by atoms with Gasteiger partial charge in [-0.15, -0.1) is 0 Å². The minimum atomic E-state index is -1.55. The highest BCUT2D eigenvalue weighted by Crippen LogP contribution is 2.65. The lowest BCUT2D eigenvalue weighted by molar-refractivity contribution is -0.139. The van der Waals surface area contributed by atoms with E-state index in [9.17, 15) is 24.3 Å². The van der Waals surface area contributed by atoms with Gasteiger partial charge in [-0.3, -0.25) is 24.6 Å². The Hall–Kier alpha value is -5.45. The number of hydrogen-bond acceptors (Lipinski definition) is 8. The number of likely N-dealkylation sites (tertiary alicyclic amines) is 1. The van der Waals surface area contributed by atoms with Crippen molar-refractivity contribution < 1.29 is 33.8 Å². The fourth-order valence-electron chi connectivity index (χ4n) is 8.25. The molecule has 0 aromatic heterocycles. The lowest BCUT2D eigenvalue weighted by atomic mass is 9.49. The highest BCUT2D eigenvalue weighted by molar-refractivity contribution is 6.17. The Morgan fingerprint density at radius 3 is 2.33 bits per heavy atom. The average Bonchev–Trinajstić information content (AvgIpc) is 3.44. The fraction of sp³-hybridized carbons (Fsp3) is 0.286. The number of imide groups is 4. The number of rotatable bonds is 5. The van der Waals surface area contributed by atoms with Crippen molar-refractivity contribution in [3.63, 3.8) is 0 Å². The Morgan fingerprint density at radius 2 is 1.65 bits per heavy atom. The number of phenols is 1. The zero-order valence-corrected chi connectivity index (χ0v) is 25.2. The van der Waals surface area contributed by atoms with Crippen LogP contribution in [0.25, 0.3) is 0 Å². The number of methoxy groups -OCH3 is 1. The summed E-state index contributed by atoms with van der Waals surface area (Å²) in [5, 5.41) is 12.7. The number of nitrogens with zero attached hydrogens (tertiary/aromatic N) is 2. The van der Waals surface area contributed by atoms with Gasteiger partial charge in [-0.2, -0.15) is 9.91 Å². The van der Waals surface area contributed by atoms with E-state index >= 15 is 4.79 Å². The number of phenolic OH excluding ortho intramolecular Hbond substituents is 1. The molecule has 6 amide bonds. The van der Waals surface area contributed by atoms with Crippen molar-refractivity contribution >= 4 is 35.3 Å². The number of hydrazine groups is 1. The van der Waals surface area contributed by atoms with Crippen LogP contribution in [-0.2, 0) is 24.6 Å². The number of carbonyl (C=O) groups excluding carboxylic acids is 5. The van der Waals surface area contributed by atoms with Crippen LogP contribution in [0.15, 0.2) is 84.4 Å². The molecule has 2 aliphatic heterocycles. The Bertz CT molecular complexity index is 1840. The molecular weight excluding hydrogens is 588 g/mol. The second-order valence-corrected chi connectivity index (χ2v) is 12.3. The third-order valence-corrected chi connectivity index (χ3v) is 10.2. The van der Waals surface area contributed by atoms with Crippen LogP contribution in [0.1, 0.15) is 35.4 Å². The Morgan fingerprint density at radius 1 is 0.935 bits per heavy atom. The molecule has 0 spiro atoms. The molecule has 2 aliphatic carbocycles. The van der Waals surface area contributed by atoms with Gasteiger partial charge in [0, 0.05) is 11.5 Å². The first kappa shape index (κ1) is 29.3. The van der Waals surface area contributed by atoms with Gasteiger partial charge in [0.25, 0.3) is 11.8 Å². The topological polar surface area (TPSA) is 159 Å². The second kappa shape index (κ2) is 10.6. The number of anilines is 1. The summed E-state index contributed by atoms with van der Waals surface area (Å²) in [5.74, 6) is -6.91. The summed E-state index contributed by atoms with van der Waals surface area (Å²) in [6.45, 7) is 1.93. The van der Waals surface area contributed by atoms with Crippen LogP contribution in [0.5, 0.6) is 11.5 Å². The van der Waals surface area contributed by atoms with E-state index in [2.05, 4.69) is 5.43 Å². The quantitative estimate of drug-likeness (QED) is 0.287. The third-order valence-electron chi connectivity index (χ3n) is 10.2. The van der Waals surface area contributed by atoms with Crippen molar-refractivity contribution in [2.75, 3.05) is 12.5 Å². The number of aromatic hydroxyl groups is 1. The van der Waals surface area contributed by atoms with Crippen molar-refractivity contribution in [1.29, 1.82) is 0 Å². The summed E-state index contributed by atoms with van der Waals surface area (Å²) in [7, 11) is 1.42. The molecule has 0 radical (unpaired) electrons. The molecule has 4 N–H and O–H groups in total. The van der Waals surface area contributed by atoms with Gasteiger partial charge in [-0.1, -0.05) is 71.8 Å². The van der Waals surface area contributed by atoms with E-state index in [-0.39, 0.29) is 24.3 Å². The molecule has 0 bridgehead atoms. The van der Waals surface area contributed by atoms with Crippen molar-refractivity contribution in [2.24, 2.45) is 29.4 Å². The number of amides is 6. The van der Waals surface area contributed by atoms with E-state index in [1.54, 1.807) is 54.6 Å². The van der Waals surface area contributed by atoms with Crippen LogP contribution in [-0.4, -0.2) is 51.8 Å². The number of para-hydroxylation sites is 1. The molecule has 234 valence electrons. The van der Waals surface area contributed by atoms with Crippen molar-refractivity contribution in [3.05, 3.63) is 101 Å². The maximum Gasteiger partial charge on any atom is 0.328 e. The number of hydrogen-bond donors (Lipinski definition) is 3. The maximum atomic E-state index is 15.1. The van der Waals surface area contributed by atoms with Crippen LogP contribution in [0.3, 0.4) is 0 Å². The van der Waals surface area contributed by atoms with Gasteiger partial charge < -0.3 is 15.6 Å². The first-order valence-electron chi connectivity index (χ1n) is 15.1. The maximum absolute atomic E-state index is 15.1. The monoisotopic (exact) mass is 620 g/mol. The van der Waals surface area contributed by atoms with Crippen LogP contribution in [0.4, 0.5) is 10.5 Å². The molecule has 11 nitrogen and oxygen atoms in total. The van der Waals surface area contributed by atoms with E-state index in [1.807, 2.05) is 31.2 Å². The molecule has 2 heterocycles. The Kier molecular flexibility index (Phi) is 6.73. The van der Waals surface area contributed by atoms with E-state index in [1.165, 1.54) is 7.11 Å². The number of aryl methyl sites for hydroxylation is 1. The number of carbonyl (C=O) groups is 5. The first-order chi connectivity index (χ1) is 22.1. The highest BCUT2D eigenvalue weighted by atomic mass is 16.5. The molecular formula is C35H32N4O7. The van der Waals surface area contributed by atoms with Crippen LogP contribution >= 0.6 is 0 Å². The van der Waals surface area contributed by atoms with E-state index in [0.717, 1.165) is 10.6 Å². The number of nitrogens with two attached hydrogens (primary N) is 1. The average molecular weight is 621 g/mol. The zero-order valence-electron chi connectivity index (χ0n) is 25.2. The largest absolute Gasteiger partial charge is 0.504 e. The molecule has 11 heteroatoms. The van der Waals surface area contributed by atoms with Crippen LogP contribution < -0.4 is 15.9 Å². The zero-order chi connectivity index (χ0) is 32.5. The number of nitrogens with one attached hydrogen (secondary N) is 1. The molecule has 4 aliphatic rings. The van der Waals surface area contributed by atoms with E-state index in [4.69, 9.17) is 10.5 Å². The van der Waals surface area contributed by atoms with Gasteiger partial charge in [0.2, 0.25) is 11.8 Å².